The number of aromatic nitrogens is 6. The molecule has 3 aromatic heterocycles. The number of fused-ring (bicyclic) bond motifs is 1. The Balaban J connectivity index is 2.06. The fourth-order valence-electron chi connectivity index (χ4n) is 2.99. The molecule has 1 atom stereocenters. The molecule has 1 N–H and O–H groups in total. The van der Waals surface area contributed by atoms with Gasteiger partial charge in [-0.1, -0.05) is 6.92 Å². The molecular formula is C15H20BrN7. The van der Waals surface area contributed by atoms with E-state index in [4.69, 9.17) is 0 Å². The van der Waals surface area contributed by atoms with Gasteiger partial charge in [0.1, 0.15) is 16.7 Å². The number of nitrogens with zero attached hydrogens (tertiary/aromatic N) is 6. The lowest BCUT2D eigenvalue weighted by molar-refractivity contribution is 0.715. The molecule has 0 aliphatic carbocycles. The highest BCUT2D eigenvalue weighted by atomic mass is 79.9. The Labute approximate surface area is 143 Å². The molecule has 8 heteroatoms. The van der Waals surface area contributed by atoms with Gasteiger partial charge in [-0.2, -0.15) is 10.2 Å². The zero-order valence-electron chi connectivity index (χ0n) is 13.9. The van der Waals surface area contributed by atoms with Crippen LogP contribution in [-0.2, 0) is 14.1 Å². The van der Waals surface area contributed by atoms with E-state index in [9.17, 15) is 0 Å². The van der Waals surface area contributed by atoms with Crippen molar-refractivity contribution in [1.29, 1.82) is 0 Å². The molecular weight excluding hydrogens is 358 g/mol. The van der Waals surface area contributed by atoms with Crippen LogP contribution >= 0.6 is 15.9 Å². The summed E-state index contributed by atoms with van der Waals surface area (Å²) in [4.78, 5) is 8.74. The first-order chi connectivity index (χ1) is 10.9. The highest BCUT2D eigenvalue weighted by Gasteiger charge is 2.21. The first-order valence-electron chi connectivity index (χ1n) is 7.53. The normalized spacial score (nSPS) is 12.8. The molecule has 0 radical (unpaired) electrons. The molecule has 0 spiro atoms. The average molecular weight is 378 g/mol. The lowest BCUT2D eigenvalue weighted by Gasteiger charge is -2.19. The number of hydrogen-bond acceptors (Lipinski definition) is 5. The van der Waals surface area contributed by atoms with E-state index in [1.807, 2.05) is 25.7 Å². The van der Waals surface area contributed by atoms with Crippen molar-refractivity contribution in [2.75, 3.05) is 5.32 Å². The summed E-state index contributed by atoms with van der Waals surface area (Å²) in [5.41, 5.74) is 4.22. The largest absolute Gasteiger partial charge is 0.362 e. The molecule has 0 aromatic carbocycles. The number of anilines is 1. The van der Waals surface area contributed by atoms with Gasteiger partial charge in [-0.15, -0.1) is 0 Å². The highest BCUT2D eigenvalue weighted by molar-refractivity contribution is 9.10. The van der Waals surface area contributed by atoms with Crippen molar-refractivity contribution in [2.45, 2.75) is 33.2 Å². The number of nitrogens with one attached hydrogen (secondary N) is 1. The van der Waals surface area contributed by atoms with Gasteiger partial charge in [0.05, 0.1) is 17.1 Å². The lowest BCUT2D eigenvalue weighted by Crippen LogP contribution is -2.13. The minimum Gasteiger partial charge on any atom is -0.362 e. The third-order valence-electron chi connectivity index (χ3n) is 4.21. The summed E-state index contributed by atoms with van der Waals surface area (Å²) in [5, 5.41) is 13.3. The molecule has 23 heavy (non-hydrogen) atoms. The van der Waals surface area contributed by atoms with Crippen LogP contribution in [0.1, 0.15) is 36.3 Å². The van der Waals surface area contributed by atoms with Gasteiger partial charge in [-0.25, -0.2) is 14.6 Å². The maximum atomic E-state index is 4.52. The number of aryl methyl sites for hydroxylation is 3. The molecule has 7 nitrogen and oxygen atoms in total. The van der Waals surface area contributed by atoms with Gasteiger partial charge in [0, 0.05) is 25.4 Å². The van der Waals surface area contributed by atoms with Gasteiger partial charge < -0.3 is 5.32 Å². The topological polar surface area (TPSA) is 73.5 Å². The van der Waals surface area contributed by atoms with Gasteiger partial charge in [0.25, 0.3) is 0 Å². The maximum Gasteiger partial charge on any atom is 0.164 e. The average Bonchev–Trinajstić information content (AvgIpc) is 2.94. The second kappa shape index (κ2) is 5.92. The first kappa shape index (κ1) is 15.9. The molecule has 3 aromatic rings. The van der Waals surface area contributed by atoms with Crippen molar-refractivity contribution in [3.63, 3.8) is 0 Å². The Morgan fingerprint density at radius 1 is 1.17 bits per heavy atom. The van der Waals surface area contributed by atoms with Crippen molar-refractivity contribution in [2.24, 2.45) is 14.1 Å². The quantitative estimate of drug-likeness (QED) is 0.756. The molecule has 122 valence electrons. The van der Waals surface area contributed by atoms with E-state index >= 15 is 0 Å². The molecule has 0 aliphatic rings. The zero-order valence-corrected chi connectivity index (χ0v) is 15.5. The van der Waals surface area contributed by atoms with Crippen LogP contribution in [0.15, 0.2) is 10.9 Å². The Hall–Kier alpha value is -1.96. The van der Waals surface area contributed by atoms with Crippen molar-refractivity contribution < 1.29 is 0 Å². The molecule has 0 amide bonds. The number of halogens is 1. The third kappa shape index (κ3) is 2.60. The van der Waals surface area contributed by atoms with E-state index in [2.05, 4.69) is 55.3 Å². The number of hydrogen-bond donors (Lipinski definition) is 1. The fraction of sp³-hybridized carbons (Fsp3) is 0.467. The minimum atomic E-state index is 0.133. The second-order valence-corrected chi connectivity index (χ2v) is 6.40. The molecule has 3 rings (SSSR count). The Bertz CT molecular complexity index is 864. The molecule has 0 saturated heterocycles. The standard InChI is InChI=1S/C15H20BrN7/c1-6-10(11-8(2)20-22(4)9(11)3)19-14-12-13(16)21-23(5)15(12)18-7-17-14/h7,10H,6H2,1-5H3,(H,17,18,19). The smallest absolute Gasteiger partial charge is 0.164 e. The van der Waals surface area contributed by atoms with E-state index in [1.165, 1.54) is 5.56 Å². The second-order valence-electron chi connectivity index (χ2n) is 5.65. The van der Waals surface area contributed by atoms with Crippen molar-refractivity contribution in [3.8, 4) is 0 Å². The first-order valence-corrected chi connectivity index (χ1v) is 8.33. The Kier molecular flexibility index (Phi) is 4.09. The van der Waals surface area contributed by atoms with Crippen LogP contribution in [-0.4, -0.2) is 29.5 Å². The summed E-state index contributed by atoms with van der Waals surface area (Å²) in [6.07, 6.45) is 2.49. The molecule has 0 saturated carbocycles. The molecule has 3 heterocycles. The number of rotatable bonds is 4. The van der Waals surface area contributed by atoms with Gasteiger partial charge in [0.2, 0.25) is 0 Å². The van der Waals surface area contributed by atoms with Gasteiger partial charge in [-0.05, 0) is 36.2 Å². The van der Waals surface area contributed by atoms with Crippen LogP contribution in [0.25, 0.3) is 11.0 Å². The highest BCUT2D eigenvalue weighted by Crippen LogP contribution is 2.32. The van der Waals surface area contributed by atoms with E-state index in [1.54, 1.807) is 11.0 Å². The van der Waals surface area contributed by atoms with Crippen LogP contribution in [0.2, 0.25) is 0 Å². The summed E-state index contributed by atoms with van der Waals surface area (Å²) in [6.45, 7) is 6.29. The summed E-state index contributed by atoms with van der Waals surface area (Å²) in [6, 6.07) is 0.133. The molecule has 1 unspecified atom stereocenters. The predicted molar refractivity (Wildman–Crippen MR) is 93.3 cm³/mol. The van der Waals surface area contributed by atoms with Crippen LogP contribution in [0, 0.1) is 13.8 Å². The summed E-state index contributed by atoms with van der Waals surface area (Å²) < 4.78 is 4.41. The summed E-state index contributed by atoms with van der Waals surface area (Å²) >= 11 is 3.50. The van der Waals surface area contributed by atoms with Crippen molar-refractivity contribution >= 4 is 32.8 Å². The monoisotopic (exact) mass is 377 g/mol. The lowest BCUT2D eigenvalue weighted by atomic mass is 10.0. The maximum absolute atomic E-state index is 4.52. The predicted octanol–water partition coefficient (Wildman–Crippen LogP) is 3.04. The van der Waals surface area contributed by atoms with Crippen molar-refractivity contribution in [1.82, 2.24) is 29.5 Å². The Morgan fingerprint density at radius 2 is 1.91 bits per heavy atom. The van der Waals surface area contributed by atoms with E-state index < -0.39 is 0 Å². The zero-order chi connectivity index (χ0) is 16.7. The molecule has 0 bridgehead atoms. The van der Waals surface area contributed by atoms with E-state index in [0.717, 1.165) is 39.3 Å². The fourth-order valence-corrected chi connectivity index (χ4v) is 3.59. The van der Waals surface area contributed by atoms with Crippen LogP contribution in [0.5, 0.6) is 0 Å². The summed E-state index contributed by atoms with van der Waals surface area (Å²) in [5.74, 6) is 0.782. The molecule has 0 aliphatic heterocycles. The van der Waals surface area contributed by atoms with Crippen LogP contribution < -0.4 is 5.32 Å². The third-order valence-corrected chi connectivity index (χ3v) is 4.77. The Morgan fingerprint density at radius 3 is 2.52 bits per heavy atom. The van der Waals surface area contributed by atoms with Gasteiger partial charge >= 0.3 is 0 Å². The molecule has 0 fully saturated rings. The summed E-state index contributed by atoms with van der Waals surface area (Å²) in [7, 11) is 3.84. The SMILES string of the molecule is CCC(Nc1ncnc2c1c(Br)nn2C)c1c(C)nn(C)c1C. The van der Waals surface area contributed by atoms with Crippen LogP contribution in [0.3, 0.4) is 0 Å². The van der Waals surface area contributed by atoms with Crippen molar-refractivity contribution in [3.05, 3.63) is 27.9 Å². The van der Waals surface area contributed by atoms with E-state index in [-0.39, 0.29) is 6.04 Å². The van der Waals surface area contributed by atoms with Gasteiger partial charge in [0.15, 0.2) is 5.65 Å². The van der Waals surface area contributed by atoms with Gasteiger partial charge in [-0.3, -0.25) is 4.68 Å². The van der Waals surface area contributed by atoms with Crippen LogP contribution in [0.4, 0.5) is 5.82 Å². The minimum absolute atomic E-state index is 0.133. The van der Waals surface area contributed by atoms with E-state index in [0.29, 0.717) is 0 Å².